The van der Waals surface area contributed by atoms with Gasteiger partial charge < -0.3 is 20.1 Å². The second kappa shape index (κ2) is 7.87. The first-order valence-corrected chi connectivity index (χ1v) is 9.03. The van der Waals surface area contributed by atoms with Gasteiger partial charge in [0.15, 0.2) is 6.61 Å². The molecule has 1 saturated heterocycles. The van der Waals surface area contributed by atoms with Crippen LogP contribution < -0.4 is 15.4 Å². The van der Waals surface area contributed by atoms with E-state index in [1.165, 1.54) is 0 Å². The molecule has 2 aliphatic rings. The lowest BCUT2D eigenvalue weighted by atomic mass is 9.96. The largest absolute Gasteiger partial charge is 0.497 e. The summed E-state index contributed by atoms with van der Waals surface area (Å²) in [7, 11) is 1.57. The number of ether oxygens (including phenoxy) is 2. The zero-order chi connectivity index (χ0) is 20.3. The molecular weight excluding hydrogens is 366 g/mol. The van der Waals surface area contributed by atoms with Gasteiger partial charge in [0.2, 0.25) is 0 Å². The van der Waals surface area contributed by atoms with Crippen molar-refractivity contribution in [2.24, 2.45) is 5.92 Å². The van der Waals surface area contributed by atoms with Crippen molar-refractivity contribution in [2.75, 3.05) is 20.3 Å². The summed E-state index contributed by atoms with van der Waals surface area (Å²) in [5, 5.41) is 5.27. The van der Waals surface area contributed by atoms with Crippen LogP contribution in [-0.2, 0) is 25.7 Å². The highest BCUT2D eigenvalue weighted by molar-refractivity contribution is 6.08. The van der Waals surface area contributed by atoms with E-state index in [1.54, 1.807) is 38.3 Å². The molecule has 1 heterocycles. The van der Waals surface area contributed by atoms with Crippen molar-refractivity contribution in [1.82, 2.24) is 15.5 Å². The molecular formula is C19H23N3O6. The van der Waals surface area contributed by atoms with E-state index in [4.69, 9.17) is 9.47 Å². The van der Waals surface area contributed by atoms with Crippen molar-refractivity contribution < 1.29 is 28.7 Å². The number of nitrogens with zero attached hydrogens (tertiary/aromatic N) is 1. The van der Waals surface area contributed by atoms with Gasteiger partial charge >= 0.3 is 12.0 Å². The number of amides is 4. The maximum absolute atomic E-state index is 12.4. The average Bonchev–Trinajstić information content (AvgIpc) is 3.51. The lowest BCUT2D eigenvalue weighted by molar-refractivity contribution is -0.151. The highest BCUT2D eigenvalue weighted by Crippen LogP contribution is 2.42. The van der Waals surface area contributed by atoms with E-state index in [0.29, 0.717) is 5.75 Å². The number of esters is 1. The second-order valence-corrected chi connectivity index (χ2v) is 7.08. The molecule has 1 aliphatic carbocycles. The highest BCUT2D eigenvalue weighted by Gasteiger charge is 2.56. The van der Waals surface area contributed by atoms with Crippen molar-refractivity contribution in [3.63, 3.8) is 0 Å². The van der Waals surface area contributed by atoms with Crippen LogP contribution in [0.4, 0.5) is 4.79 Å². The molecule has 0 bridgehead atoms. The van der Waals surface area contributed by atoms with Gasteiger partial charge in [0, 0.05) is 6.54 Å². The standard InChI is InChI=1S/C19H23N3O6/c1-19(13-5-6-13)17(25)22(18(26)21-19)10-16(24)28-11-15(23)20-9-12-3-7-14(27-2)8-4-12/h3-4,7-8,13H,5-6,9-11H2,1-2H3,(H,20,23)(H,21,26)/t19-/m1/s1. The Morgan fingerprint density at radius 3 is 2.54 bits per heavy atom. The van der Waals surface area contributed by atoms with E-state index in [-0.39, 0.29) is 12.5 Å². The molecule has 0 aromatic heterocycles. The quantitative estimate of drug-likeness (QED) is 0.496. The van der Waals surface area contributed by atoms with Gasteiger partial charge in [-0.05, 0) is 43.4 Å². The Balaban J connectivity index is 1.41. The number of urea groups is 1. The minimum absolute atomic E-state index is 0.105. The first-order chi connectivity index (χ1) is 13.3. The zero-order valence-electron chi connectivity index (χ0n) is 15.8. The summed E-state index contributed by atoms with van der Waals surface area (Å²) in [6.45, 7) is 0.938. The fourth-order valence-corrected chi connectivity index (χ4v) is 3.11. The molecule has 1 aromatic rings. The van der Waals surface area contributed by atoms with Crippen molar-refractivity contribution in [3.8, 4) is 5.75 Å². The number of hydrogen-bond donors (Lipinski definition) is 2. The third-order valence-electron chi connectivity index (χ3n) is 5.00. The molecule has 9 nitrogen and oxygen atoms in total. The topological polar surface area (TPSA) is 114 Å². The highest BCUT2D eigenvalue weighted by atomic mass is 16.5. The number of rotatable bonds is 8. The molecule has 1 aromatic carbocycles. The number of imide groups is 1. The average molecular weight is 389 g/mol. The van der Waals surface area contributed by atoms with Crippen LogP contribution in [-0.4, -0.2) is 54.5 Å². The Morgan fingerprint density at radius 2 is 1.93 bits per heavy atom. The minimum atomic E-state index is -0.951. The molecule has 2 N–H and O–H groups in total. The summed E-state index contributed by atoms with van der Waals surface area (Å²) < 4.78 is 9.94. The summed E-state index contributed by atoms with van der Waals surface area (Å²) in [6, 6.07) is 6.55. The van der Waals surface area contributed by atoms with E-state index in [0.717, 1.165) is 23.3 Å². The fourth-order valence-electron chi connectivity index (χ4n) is 3.11. The van der Waals surface area contributed by atoms with Crippen LogP contribution in [0.2, 0.25) is 0 Å². The molecule has 1 atom stereocenters. The van der Waals surface area contributed by atoms with Crippen LogP contribution in [0.25, 0.3) is 0 Å². The van der Waals surface area contributed by atoms with Gasteiger partial charge in [-0.1, -0.05) is 12.1 Å². The monoisotopic (exact) mass is 389 g/mol. The van der Waals surface area contributed by atoms with Gasteiger partial charge in [-0.15, -0.1) is 0 Å². The van der Waals surface area contributed by atoms with Crippen LogP contribution in [0.1, 0.15) is 25.3 Å². The Bertz CT molecular complexity index is 789. The third kappa shape index (κ3) is 4.24. The van der Waals surface area contributed by atoms with Gasteiger partial charge in [0.05, 0.1) is 7.11 Å². The van der Waals surface area contributed by atoms with Crippen molar-refractivity contribution in [1.29, 1.82) is 0 Å². The van der Waals surface area contributed by atoms with Gasteiger partial charge in [0.25, 0.3) is 11.8 Å². The van der Waals surface area contributed by atoms with Crippen LogP contribution in [0.3, 0.4) is 0 Å². The van der Waals surface area contributed by atoms with Crippen molar-refractivity contribution in [3.05, 3.63) is 29.8 Å². The second-order valence-electron chi connectivity index (χ2n) is 7.08. The predicted molar refractivity (Wildman–Crippen MR) is 97.2 cm³/mol. The summed E-state index contributed by atoms with van der Waals surface area (Å²) in [4.78, 5) is 49.1. The molecule has 1 aliphatic heterocycles. The Hall–Kier alpha value is -3.10. The summed E-state index contributed by atoms with van der Waals surface area (Å²) in [5.41, 5.74) is -0.0909. The fraction of sp³-hybridized carbons (Fsp3) is 0.474. The SMILES string of the molecule is COc1ccc(CNC(=O)COC(=O)CN2C(=O)N[C@](C)(C3CC3)C2=O)cc1. The lowest BCUT2D eigenvalue weighted by Crippen LogP contribution is -2.46. The van der Waals surface area contributed by atoms with E-state index in [2.05, 4.69) is 10.6 Å². The number of methoxy groups -OCH3 is 1. The number of carbonyl (C=O) groups excluding carboxylic acids is 4. The zero-order valence-corrected chi connectivity index (χ0v) is 15.8. The van der Waals surface area contributed by atoms with E-state index < -0.39 is 42.5 Å². The van der Waals surface area contributed by atoms with Crippen LogP contribution in [0.5, 0.6) is 5.75 Å². The first kappa shape index (κ1) is 19.7. The lowest BCUT2D eigenvalue weighted by Gasteiger charge is -2.20. The van der Waals surface area contributed by atoms with Gasteiger partial charge in [-0.3, -0.25) is 19.3 Å². The normalized spacial score (nSPS) is 21.3. The van der Waals surface area contributed by atoms with E-state index >= 15 is 0 Å². The molecule has 4 amide bonds. The minimum Gasteiger partial charge on any atom is -0.497 e. The van der Waals surface area contributed by atoms with E-state index in [9.17, 15) is 19.2 Å². The van der Waals surface area contributed by atoms with E-state index in [1.807, 2.05) is 0 Å². The van der Waals surface area contributed by atoms with Crippen molar-refractivity contribution >= 4 is 23.8 Å². The number of nitrogens with one attached hydrogen (secondary N) is 2. The molecule has 3 rings (SSSR count). The molecule has 0 unspecified atom stereocenters. The van der Waals surface area contributed by atoms with Crippen LogP contribution in [0.15, 0.2) is 24.3 Å². The summed E-state index contributed by atoms with van der Waals surface area (Å²) >= 11 is 0. The summed E-state index contributed by atoms with van der Waals surface area (Å²) in [5.74, 6) is -0.913. The Labute approximate surface area is 162 Å². The van der Waals surface area contributed by atoms with Crippen LogP contribution in [0, 0.1) is 5.92 Å². The molecule has 0 radical (unpaired) electrons. The van der Waals surface area contributed by atoms with Crippen LogP contribution >= 0.6 is 0 Å². The maximum Gasteiger partial charge on any atom is 0.326 e. The molecule has 1 saturated carbocycles. The number of benzene rings is 1. The molecule has 150 valence electrons. The third-order valence-corrected chi connectivity index (χ3v) is 5.00. The Morgan fingerprint density at radius 1 is 1.25 bits per heavy atom. The molecule has 2 fully saturated rings. The Kier molecular flexibility index (Phi) is 5.53. The number of hydrogen-bond acceptors (Lipinski definition) is 6. The van der Waals surface area contributed by atoms with Gasteiger partial charge in [0.1, 0.15) is 17.8 Å². The van der Waals surface area contributed by atoms with Crippen molar-refractivity contribution in [2.45, 2.75) is 31.8 Å². The molecule has 0 spiro atoms. The first-order valence-electron chi connectivity index (χ1n) is 9.03. The number of carbonyl (C=O) groups is 4. The summed E-state index contributed by atoms with van der Waals surface area (Å²) in [6.07, 6.45) is 1.74. The predicted octanol–water partition coefficient (Wildman–Crippen LogP) is 0.575. The molecule has 9 heteroatoms. The van der Waals surface area contributed by atoms with Gasteiger partial charge in [-0.2, -0.15) is 0 Å². The smallest absolute Gasteiger partial charge is 0.326 e. The maximum atomic E-state index is 12.4. The van der Waals surface area contributed by atoms with Gasteiger partial charge in [-0.25, -0.2) is 4.79 Å². The molecule has 28 heavy (non-hydrogen) atoms.